The second kappa shape index (κ2) is 5.47. The van der Waals surface area contributed by atoms with Crippen LogP contribution in [0.4, 0.5) is 0 Å². The molecule has 2 bridgehead atoms. The normalized spacial score (nSPS) is 26.7. The minimum absolute atomic E-state index is 0.103. The lowest BCUT2D eigenvalue weighted by atomic mass is 9.75. The van der Waals surface area contributed by atoms with Crippen LogP contribution in [0.2, 0.25) is 0 Å². The lowest BCUT2D eigenvalue weighted by Gasteiger charge is -2.40. The van der Waals surface area contributed by atoms with E-state index in [-0.39, 0.29) is 6.04 Å². The van der Waals surface area contributed by atoms with Gasteiger partial charge in [-0.1, -0.05) is 59.7 Å². The van der Waals surface area contributed by atoms with Gasteiger partial charge in [0.25, 0.3) is 0 Å². The molecule has 0 unspecified atom stereocenters. The van der Waals surface area contributed by atoms with E-state index in [1.165, 1.54) is 30.4 Å². The van der Waals surface area contributed by atoms with Gasteiger partial charge in [0.1, 0.15) is 5.60 Å². The molecule has 3 atom stereocenters. The van der Waals surface area contributed by atoms with E-state index in [2.05, 4.69) is 67.7 Å². The largest absolute Gasteiger partial charge is 0.379 e. The molecule has 2 heteroatoms. The van der Waals surface area contributed by atoms with Crippen molar-refractivity contribution in [1.29, 1.82) is 0 Å². The Morgan fingerprint density at radius 2 is 1.39 bits per heavy atom. The Hall–Kier alpha value is -1.64. The first-order valence-electron chi connectivity index (χ1n) is 8.70. The first-order chi connectivity index (χ1) is 11.1. The molecule has 0 spiro atoms. The summed E-state index contributed by atoms with van der Waals surface area (Å²) in [5.74, 6) is 0.563. The van der Waals surface area contributed by atoms with Gasteiger partial charge in [0, 0.05) is 12.1 Å². The summed E-state index contributed by atoms with van der Waals surface area (Å²) in [4.78, 5) is 0. The summed E-state index contributed by atoms with van der Waals surface area (Å²) in [6.07, 6.45) is 3.67. The fourth-order valence-electron chi connectivity index (χ4n) is 4.46. The lowest BCUT2D eigenvalue weighted by molar-refractivity contribution is 0.0202. The third-order valence-corrected chi connectivity index (χ3v) is 5.79. The molecule has 1 aliphatic carbocycles. The van der Waals surface area contributed by atoms with E-state index in [4.69, 9.17) is 0 Å². The van der Waals surface area contributed by atoms with Crippen LogP contribution in [0.3, 0.4) is 0 Å². The quantitative estimate of drug-likeness (QED) is 0.906. The summed E-state index contributed by atoms with van der Waals surface area (Å²) < 4.78 is 0. The van der Waals surface area contributed by atoms with Gasteiger partial charge in [-0.05, 0) is 50.2 Å². The maximum atomic E-state index is 11.9. The van der Waals surface area contributed by atoms with E-state index in [1.807, 2.05) is 0 Å². The zero-order valence-electron chi connectivity index (χ0n) is 13.9. The fraction of sp³-hybridized carbons (Fsp3) is 0.429. The van der Waals surface area contributed by atoms with E-state index in [0.29, 0.717) is 12.0 Å². The maximum Gasteiger partial charge on any atom is 0.130 e. The summed E-state index contributed by atoms with van der Waals surface area (Å²) in [5, 5.41) is 15.6. The molecule has 2 aromatic rings. The minimum atomic E-state index is -0.957. The van der Waals surface area contributed by atoms with Crippen molar-refractivity contribution >= 4 is 0 Å². The van der Waals surface area contributed by atoms with Crippen LogP contribution < -0.4 is 5.32 Å². The van der Waals surface area contributed by atoms with E-state index < -0.39 is 5.60 Å². The second-order valence-corrected chi connectivity index (χ2v) is 7.41. The van der Waals surface area contributed by atoms with E-state index in [9.17, 15) is 5.11 Å². The number of nitrogens with one attached hydrogen (secondary N) is 1. The van der Waals surface area contributed by atoms with Gasteiger partial charge in [-0.25, -0.2) is 0 Å². The van der Waals surface area contributed by atoms with Gasteiger partial charge in [-0.3, -0.25) is 0 Å². The van der Waals surface area contributed by atoms with Gasteiger partial charge in [0.15, 0.2) is 0 Å². The van der Waals surface area contributed by atoms with E-state index >= 15 is 0 Å². The predicted molar refractivity (Wildman–Crippen MR) is 93.4 cm³/mol. The van der Waals surface area contributed by atoms with Crippen LogP contribution in [0.1, 0.15) is 41.5 Å². The average molecular weight is 307 g/mol. The third-order valence-electron chi connectivity index (χ3n) is 5.79. The van der Waals surface area contributed by atoms with Crippen LogP contribution in [0.15, 0.2) is 48.5 Å². The summed E-state index contributed by atoms with van der Waals surface area (Å²) in [6, 6.07) is 17.4. The molecule has 4 rings (SSSR count). The van der Waals surface area contributed by atoms with Crippen molar-refractivity contribution in [3.05, 3.63) is 70.8 Å². The molecular formula is C21H25NO. The van der Waals surface area contributed by atoms with Gasteiger partial charge >= 0.3 is 0 Å². The Morgan fingerprint density at radius 1 is 0.870 bits per heavy atom. The number of piperidine rings is 1. The Kier molecular flexibility index (Phi) is 3.55. The van der Waals surface area contributed by atoms with Gasteiger partial charge in [-0.15, -0.1) is 0 Å². The smallest absolute Gasteiger partial charge is 0.130 e. The molecule has 0 aromatic heterocycles. The Morgan fingerprint density at radius 3 is 1.78 bits per heavy atom. The molecule has 2 N–H and O–H groups in total. The SMILES string of the molecule is Cc1ccc(C(O)(c2ccc(C)cc2)[C@@H]2N[C@H]3CC[C@@H]2C3)cc1. The summed E-state index contributed by atoms with van der Waals surface area (Å²) in [7, 11) is 0. The zero-order valence-corrected chi connectivity index (χ0v) is 13.9. The van der Waals surface area contributed by atoms with Crippen LogP contribution in [0.25, 0.3) is 0 Å². The van der Waals surface area contributed by atoms with Gasteiger partial charge in [0.2, 0.25) is 0 Å². The molecule has 1 saturated carbocycles. The fourth-order valence-corrected chi connectivity index (χ4v) is 4.46. The predicted octanol–water partition coefficient (Wildman–Crippen LogP) is 3.68. The first kappa shape index (κ1) is 14.9. The van der Waals surface area contributed by atoms with E-state index in [1.54, 1.807) is 0 Å². The van der Waals surface area contributed by atoms with Crippen molar-refractivity contribution in [2.45, 2.75) is 50.8 Å². The number of hydrogen-bond acceptors (Lipinski definition) is 2. The summed E-state index contributed by atoms with van der Waals surface area (Å²) in [5.41, 5.74) is 3.48. The Balaban J connectivity index is 1.82. The third kappa shape index (κ3) is 2.41. The molecule has 0 amide bonds. The number of hydrogen-bond donors (Lipinski definition) is 2. The van der Waals surface area contributed by atoms with Crippen LogP contribution in [-0.2, 0) is 5.60 Å². The van der Waals surface area contributed by atoms with Gasteiger partial charge in [0.05, 0.1) is 0 Å². The number of fused-ring (bicyclic) bond motifs is 2. The van der Waals surface area contributed by atoms with Crippen LogP contribution in [-0.4, -0.2) is 17.2 Å². The highest BCUT2D eigenvalue weighted by molar-refractivity contribution is 5.41. The number of aryl methyl sites for hydroxylation is 2. The minimum Gasteiger partial charge on any atom is -0.379 e. The molecule has 2 nitrogen and oxygen atoms in total. The topological polar surface area (TPSA) is 32.3 Å². The van der Waals surface area contributed by atoms with Crippen molar-refractivity contribution in [3.63, 3.8) is 0 Å². The molecule has 2 fully saturated rings. The second-order valence-electron chi connectivity index (χ2n) is 7.41. The molecule has 1 saturated heterocycles. The van der Waals surface area contributed by atoms with Crippen LogP contribution in [0.5, 0.6) is 0 Å². The molecule has 1 heterocycles. The van der Waals surface area contributed by atoms with Crippen molar-refractivity contribution in [2.75, 3.05) is 0 Å². The van der Waals surface area contributed by atoms with Crippen molar-refractivity contribution in [3.8, 4) is 0 Å². The van der Waals surface area contributed by atoms with Crippen LogP contribution in [0, 0.1) is 19.8 Å². The Labute approximate surface area is 138 Å². The zero-order chi connectivity index (χ0) is 16.0. The monoisotopic (exact) mass is 307 g/mol. The number of aliphatic hydroxyl groups is 1. The lowest BCUT2D eigenvalue weighted by Crippen LogP contribution is -2.52. The number of benzene rings is 2. The van der Waals surface area contributed by atoms with Gasteiger partial charge < -0.3 is 10.4 Å². The highest BCUT2D eigenvalue weighted by atomic mass is 16.3. The molecule has 120 valence electrons. The number of rotatable bonds is 3. The van der Waals surface area contributed by atoms with Crippen LogP contribution >= 0.6 is 0 Å². The maximum absolute atomic E-state index is 11.9. The highest BCUT2D eigenvalue weighted by Gasteiger charge is 2.51. The molecule has 2 aliphatic rings. The molecule has 0 radical (unpaired) electrons. The standard InChI is InChI=1S/C21H25NO/c1-14-3-8-17(9-4-14)21(23,18-10-5-15(2)6-11-18)20-16-7-12-19(13-16)22-20/h3-6,8-11,16,19-20,22-23H,7,12-13H2,1-2H3/t16-,19+,20-/m1/s1. The van der Waals surface area contributed by atoms with E-state index in [0.717, 1.165) is 11.1 Å². The molecule has 23 heavy (non-hydrogen) atoms. The summed E-state index contributed by atoms with van der Waals surface area (Å²) >= 11 is 0. The Bertz CT molecular complexity index is 643. The molecule has 2 aromatic carbocycles. The summed E-state index contributed by atoms with van der Waals surface area (Å²) in [6.45, 7) is 4.18. The highest BCUT2D eigenvalue weighted by Crippen LogP contribution is 2.46. The molecular weight excluding hydrogens is 282 g/mol. The van der Waals surface area contributed by atoms with Crippen molar-refractivity contribution in [1.82, 2.24) is 5.32 Å². The average Bonchev–Trinajstić information content (AvgIpc) is 3.19. The molecule has 1 aliphatic heterocycles. The van der Waals surface area contributed by atoms with Crippen molar-refractivity contribution < 1.29 is 5.11 Å². The van der Waals surface area contributed by atoms with Gasteiger partial charge in [-0.2, -0.15) is 0 Å². The van der Waals surface area contributed by atoms with Crippen molar-refractivity contribution in [2.24, 2.45) is 5.92 Å². The first-order valence-corrected chi connectivity index (χ1v) is 8.70.